The molecule has 1 aliphatic rings. The predicted molar refractivity (Wildman–Crippen MR) is 84.9 cm³/mol. The first-order valence-corrected chi connectivity index (χ1v) is 7.66. The summed E-state index contributed by atoms with van der Waals surface area (Å²) in [5.41, 5.74) is 1.44. The topological polar surface area (TPSA) is 85.1 Å². The van der Waals surface area contributed by atoms with Crippen LogP contribution in [0.15, 0.2) is 30.3 Å². The molecule has 22 heavy (non-hydrogen) atoms. The molecular formula is C15H13N3O3S. The third-order valence-corrected chi connectivity index (χ3v) is 4.45. The molecule has 0 saturated carbocycles. The summed E-state index contributed by atoms with van der Waals surface area (Å²) in [6.07, 6.45) is 5.84. The highest BCUT2D eigenvalue weighted by Crippen LogP contribution is 2.30. The van der Waals surface area contributed by atoms with Crippen molar-refractivity contribution in [1.29, 1.82) is 0 Å². The van der Waals surface area contributed by atoms with Gasteiger partial charge in [0.15, 0.2) is 5.13 Å². The average molecular weight is 315 g/mol. The van der Waals surface area contributed by atoms with Crippen molar-refractivity contribution in [2.75, 3.05) is 5.32 Å². The Hall–Kier alpha value is -2.54. The number of carbonyl (C=O) groups is 1. The fourth-order valence-corrected chi connectivity index (χ4v) is 3.40. The number of benzene rings is 1. The number of anilines is 1. The van der Waals surface area contributed by atoms with E-state index in [-0.39, 0.29) is 11.6 Å². The van der Waals surface area contributed by atoms with E-state index in [1.165, 1.54) is 34.4 Å². The fraction of sp³-hybridized carbons (Fsp3) is 0.200. The minimum Gasteiger partial charge on any atom is -0.298 e. The molecule has 0 unspecified atom stereocenters. The van der Waals surface area contributed by atoms with E-state index in [2.05, 4.69) is 10.3 Å². The molecule has 0 radical (unpaired) electrons. The number of aryl methyl sites for hydroxylation is 2. The number of nitrogens with one attached hydrogen (secondary N) is 1. The van der Waals surface area contributed by atoms with Gasteiger partial charge in [-0.25, -0.2) is 4.98 Å². The predicted octanol–water partition coefficient (Wildman–Crippen LogP) is 3.19. The highest BCUT2D eigenvalue weighted by molar-refractivity contribution is 7.15. The summed E-state index contributed by atoms with van der Waals surface area (Å²) in [6, 6.07) is 6.28. The molecule has 1 aromatic carbocycles. The van der Waals surface area contributed by atoms with Gasteiger partial charge < -0.3 is 0 Å². The Morgan fingerprint density at radius 2 is 2.18 bits per heavy atom. The monoisotopic (exact) mass is 315 g/mol. The van der Waals surface area contributed by atoms with Gasteiger partial charge in [0.2, 0.25) is 5.91 Å². The van der Waals surface area contributed by atoms with Crippen molar-refractivity contribution >= 4 is 34.1 Å². The lowest BCUT2D eigenvalue weighted by atomic mass is 10.1. The van der Waals surface area contributed by atoms with Crippen LogP contribution >= 0.6 is 11.3 Å². The van der Waals surface area contributed by atoms with Crippen molar-refractivity contribution < 1.29 is 9.72 Å². The van der Waals surface area contributed by atoms with Crippen LogP contribution in [-0.2, 0) is 17.6 Å². The molecule has 0 atom stereocenters. The molecule has 1 aliphatic carbocycles. The molecular weight excluding hydrogens is 302 g/mol. The first kappa shape index (κ1) is 14.4. The number of nitrogens with zero attached hydrogens (tertiary/aromatic N) is 2. The molecule has 0 fully saturated rings. The minimum atomic E-state index is -0.469. The van der Waals surface area contributed by atoms with Gasteiger partial charge in [0.05, 0.1) is 16.2 Å². The van der Waals surface area contributed by atoms with Crippen LogP contribution < -0.4 is 5.32 Å². The molecule has 0 spiro atoms. The molecule has 1 amide bonds. The molecule has 7 heteroatoms. The average Bonchev–Trinajstić information content (AvgIpc) is 3.06. The fourth-order valence-electron chi connectivity index (χ4n) is 2.35. The Bertz CT molecular complexity index is 746. The number of thiazole rings is 1. The van der Waals surface area contributed by atoms with Crippen molar-refractivity contribution in [3.8, 4) is 0 Å². The summed E-state index contributed by atoms with van der Waals surface area (Å²) >= 11 is 1.49. The van der Waals surface area contributed by atoms with Gasteiger partial charge in [-0.1, -0.05) is 12.1 Å². The smallest absolute Gasteiger partial charge is 0.276 e. The van der Waals surface area contributed by atoms with E-state index in [0.717, 1.165) is 25.0 Å². The number of para-hydroxylation sites is 1. The van der Waals surface area contributed by atoms with Crippen LogP contribution in [0.3, 0.4) is 0 Å². The van der Waals surface area contributed by atoms with Crippen LogP contribution in [0.4, 0.5) is 10.8 Å². The van der Waals surface area contributed by atoms with E-state index in [1.54, 1.807) is 18.2 Å². The third-order valence-electron chi connectivity index (χ3n) is 3.37. The van der Waals surface area contributed by atoms with Crippen LogP contribution in [-0.4, -0.2) is 15.8 Å². The Kier molecular flexibility index (Phi) is 3.97. The Labute approximate surface area is 130 Å². The number of rotatable bonds is 4. The van der Waals surface area contributed by atoms with E-state index in [0.29, 0.717) is 10.7 Å². The number of amides is 1. The summed E-state index contributed by atoms with van der Waals surface area (Å²) in [4.78, 5) is 27.9. The van der Waals surface area contributed by atoms with Gasteiger partial charge in [-0.3, -0.25) is 20.2 Å². The van der Waals surface area contributed by atoms with Gasteiger partial charge in [-0.2, -0.15) is 0 Å². The van der Waals surface area contributed by atoms with Crippen molar-refractivity contribution in [3.05, 3.63) is 56.6 Å². The van der Waals surface area contributed by atoms with Gasteiger partial charge in [0.25, 0.3) is 5.69 Å². The standard InChI is InChI=1S/C15H13N3O3S/c19-14(17-15-16-11-5-3-7-13(11)22-15)9-8-10-4-1-2-6-12(10)18(20)21/h1-2,4,6,8-9H,3,5,7H2,(H,16,17,19)/b9-8+. The summed E-state index contributed by atoms with van der Waals surface area (Å²) in [6.45, 7) is 0. The van der Waals surface area contributed by atoms with Gasteiger partial charge in [0.1, 0.15) is 0 Å². The lowest BCUT2D eigenvalue weighted by molar-refractivity contribution is -0.385. The number of fused-ring (bicyclic) bond motifs is 1. The third kappa shape index (κ3) is 3.04. The second-order valence-corrected chi connectivity index (χ2v) is 5.96. The maximum atomic E-state index is 11.9. The molecule has 112 valence electrons. The summed E-state index contributed by atoms with van der Waals surface area (Å²) in [7, 11) is 0. The zero-order valence-corrected chi connectivity index (χ0v) is 12.4. The zero-order chi connectivity index (χ0) is 15.5. The van der Waals surface area contributed by atoms with Crippen LogP contribution in [0, 0.1) is 10.1 Å². The highest BCUT2D eigenvalue weighted by atomic mass is 32.1. The zero-order valence-electron chi connectivity index (χ0n) is 11.6. The largest absolute Gasteiger partial charge is 0.298 e. The maximum Gasteiger partial charge on any atom is 0.276 e. The molecule has 2 aromatic rings. The van der Waals surface area contributed by atoms with E-state index in [1.807, 2.05) is 0 Å². The second-order valence-electron chi connectivity index (χ2n) is 4.88. The highest BCUT2D eigenvalue weighted by Gasteiger charge is 2.17. The second kappa shape index (κ2) is 6.07. The van der Waals surface area contributed by atoms with Gasteiger partial charge in [0, 0.05) is 17.0 Å². The van der Waals surface area contributed by atoms with Crippen molar-refractivity contribution in [2.45, 2.75) is 19.3 Å². The van der Waals surface area contributed by atoms with E-state index >= 15 is 0 Å². The SMILES string of the molecule is O=C(/C=C/c1ccccc1[N+](=O)[O-])Nc1nc2c(s1)CCC2. The molecule has 0 saturated heterocycles. The first-order valence-electron chi connectivity index (χ1n) is 6.84. The number of hydrogen-bond acceptors (Lipinski definition) is 5. The van der Waals surface area contributed by atoms with Crippen molar-refractivity contribution in [2.24, 2.45) is 0 Å². The van der Waals surface area contributed by atoms with Gasteiger partial charge in [-0.05, 0) is 31.4 Å². The van der Waals surface area contributed by atoms with E-state index in [4.69, 9.17) is 0 Å². The minimum absolute atomic E-state index is 0.0280. The molecule has 1 heterocycles. The Balaban J connectivity index is 1.70. The van der Waals surface area contributed by atoms with Gasteiger partial charge >= 0.3 is 0 Å². The number of nitro groups is 1. The summed E-state index contributed by atoms with van der Waals surface area (Å²) in [5.74, 6) is -0.342. The lowest BCUT2D eigenvalue weighted by Crippen LogP contribution is -2.07. The molecule has 1 aromatic heterocycles. The lowest BCUT2D eigenvalue weighted by Gasteiger charge is -1.98. The summed E-state index contributed by atoms with van der Waals surface area (Å²) < 4.78 is 0. The molecule has 0 aliphatic heterocycles. The molecule has 3 rings (SSSR count). The Morgan fingerprint density at radius 3 is 2.95 bits per heavy atom. The summed E-state index contributed by atoms with van der Waals surface area (Å²) in [5, 5.41) is 14.2. The normalized spacial score (nSPS) is 13.3. The maximum absolute atomic E-state index is 11.9. The first-order chi connectivity index (χ1) is 10.6. The molecule has 1 N–H and O–H groups in total. The molecule has 0 bridgehead atoms. The van der Waals surface area contributed by atoms with Crippen LogP contribution in [0.5, 0.6) is 0 Å². The van der Waals surface area contributed by atoms with Gasteiger partial charge in [-0.15, -0.1) is 11.3 Å². The molecule has 6 nitrogen and oxygen atoms in total. The van der Waals surface area contributed by atoms with E-state index < -0.39 is 4.92 Å². The number of aromatic nitrogens is 1. The number of nitro benzene ring substituents is 1. The van der Waals surface area contributed by atoms with Crippen LogP contribution in [0.25, 0.3) is 6.08 Å². The van der Waals surface area contributed by atoms with Crippen molar-refractivity contribution in [3.63, 3.8) is 0 Å². The van der Waals surface area contributed by atoms with E-state index in [9.17, 15) is 14.9 Å². The quantitative estimate of drug-likeness (QED) is 0.533. The Morgan fingerprint density at radius 1 is 1.36 bits per heavy atom. The van der Waals surface area contributed by atoms with Crippen LogP contribution in [0.1, 0.15) is 22.6 Å². The number of carbonyl (C=O) groups excluding carboxylic acids is 1. The number of hydrogen-bond donors (Lipinski definition) is 1. The van der Waals surface area contributed by atoms with Crippen molar-refractivity contribution in [1.82, 2.24) is 4.98 Å². The van der Waals surface area contributed by atoms with Crippen LogP contribution in [0.2, 0.25) is 0 Å².